The Morgan fingerprint density at radius 3 is 2.04 bits per heavy atom. The second kappa shape index (κ2) is 7.02. The second-order valence-corrected chi connectivity index (χ2v) is 5.52. The minimum Gasteiger partial charge on any atom is -0.406 e. The van der Waals surface area contributed by atoms with Gasteiger partial charge in [-0.1, -0.05) is 24.3 Å². The van der Waals surface area contributed by atoms with Crippen LogP contribution in [0.15, 0.2) is 59.2 Å². The van der Waals surface area contributed by atoms with Crippen molar-refractivity contribution in [2.24, 2.45) is 0 Å². The maximum atomic E-state index is 12.4. The van der Waals surface area contributed by atoms with Gasteiger partial charge in [-0.3, -0.25) is 0 Å². The van der Waals surface area contributed by atoms with Crippen LogP contribution in [0.1, 0.15) is 0 Å². The maximum absolute atomic E-state index is 12.4. The predicted molar refractivity (Wildman–Crippen MR) is 93.5 cm³/mol. The number of anilines is 4. The van der Waals surface area contributed by atoms with E-state index in [2.05, 4.69) is 40.3 Å². The van der Waals surface area contributed by atoms with E-state index in [0.29, 0.717) is 5.69 Å². The van der Waals surface area contributed by atoms with Gasteiger partial charge in [-0.05, 0) is 34.6 Å². The van der Waals surface area contributed by atoms with Crippen molar-refractivity contribution < 1.29 is 22.5 Å². The first kappa shape index (κ1) is 17.5. The zero-order chi connectivity index (χ0) is 19.6. The molecule has 0 spiro atoms. The molecule has 142 valence electrons. The Hall–Kier alpha value is -3.89. The summed E-state index contributed by atoms with van der Waals surface area (Å²) in [6.45, 7) is 0. The number of nitrogens with one attached hydrogen (secondary N) is 2. The van der Waals surface area contributed by atoms with Crippen LogP contribution in [0, 0.1) is 0 Å². The lowest BCUT2D eigenvalue weighted by atomic mass is 10.3. The highest BCUT2D eigenvalue weighted by Crippen LogP contribution is 2.29. The van der Waals surface area contributed by atoms with Gasteiger partial charge in [0.15, 0.2) is 11.6 Å². The number of aromatic nitrogens is 4. The summed E-state index contributed by atoms with van der Waals surface area (Å²) < 4.78 is 45.9. The molecule has 0 aliphatic heterocycles. The summed E-state index contributed by atoms with van der Waals surface area (Å²) in [5.74, 6) is 0.139. The number of fused-ring (bicyclic) bond motifs is 1. The monoisotopic (exact) mass is 388 g/mol. The Morgan fingerprint density at radius 2 is 1.39 bits per heavy atom. The molecule has 4 rings (SSSR count). The van der Waals surface area contributed by atoms with Crippen LogP contribution < -0.4 is 15.4 Å². The van der Waals surface area contributed by atoms with E-state index < -0.39 is 6.36 Å². The van der Waals surface area contributed by atoms with Crippen molar-refractivity contribution in [3.8, 4) is 5.75 Å². The van der Waals surface area contributed by atoms with Gasteiger partial charge in [0.1, 0.15) is 5.75 Å². The topological polar surface area (TPSA) is 98.0 Å². The van der Waals surface area contributed by atoms with Crippen molar-refractivity contribution in [1.82, 2.24) is 20.3 Å². The molecule has 0 fully saturated rings. The Kier molecular flexibility index (Phi) is 4.39. The normalized spacial score (nSPS) is 11.4. The molecule has 2 aromatic carbocycles. The number of rotatable bonds is 5. The Balaban J connectivity index is 1.67. The molecule has 0 aliphatic carbocycles. The van der Waals surface area contributed by atoms with Gasteiger partial charge in [0, 0.05) is 17.4 Å². The molecule has 0 saturated carbocycles. The van der Waals surface area contributed by atoms with Crippen molar-refractivity contribution in [3.05, 3.63) is 54.6 Å². The number of benzene rings is 2. The smallest absolute Gasteiger partial charge is 0.406 e. The van der Waals surface area contributed by atoms with E-state index in [0.717, 1.165) is 5.69 Å². The van der Waals surface area contributed by atoms with Gasteiger partial charge in [-0.25, -0.2) is 14.6 Å². The van der Waals surface area contributed by atoms with Crippen molar-refractivity contribution in [3.63, 3.8) is 0 Å². The summed E-state index contributed by atoms with van der Waals surface area (Å²) in [5.41, 5.74) is 1.36. The molecule has 0 unspecified atom stereocenters. The van der Waals surface area contributed by atoms with Crippen LogP contribution in [0.3, 0.4) is 0 Å². The molecular weight excluding hydrogens is 377 g/mol. The molecule has 11 heteroatoms. The van der Waals surface area contributed by atoms with Crippen molar-refractivity contribution in [1.29, 1.82) is 0 Å². The summed E-state index contributed by atoms with van der Waals surface area (Å²) in [5, 5.41) is 13.3. The molecule has 0 atom stereocenters. The third kappa shape index (κ3) is 4.09. The number of para-hydroxylation sites is 1. The third-order valence-electron chi connectivity index (χ3n) is 3.48. The average molecular weight is 388 g/mol. The van der Waals surface area contributed by atoms with Gasteiger partial charge in [-0.15, -0.1) is 13.2 Å². The highest BCUT2D eigenvalue weighted by molar-refractivity contribution is 5.79. The number of nitrogens with zero attached hydrogens (tertiary/aromatic N) is 4. The largest absolute Gasteiger partial charge is 0.573 e. The predicted octanol–water partition coefficient (Wildman–Crippen LogP) is 4.40. The first-order valence-electron chi connectivity index (χ1n) is 7.91. The van der Waals surface area contributed by atoms with Crippen LogP contribution in [0.4, 0.5) is 36.2 Å². The Labute approximate surface area is 155 Å². The molecule has 0 amide bonds. The molecule has 0 radical (unpaired) electrons. The van der Waals surface area contributed by atoms with Gasteiger partial charge in [0.25, 0.3) is 0 Å². The molecule has 28 heavy (non-hydrogen) atoms. The highest BCUT2D eigenvalue weighted by atomic mass is 19.4. The number of ether oxygens (including phenoxy) is 1. The molecule has 0 aliphatic rings. The molecule has 0 bridgehead atoms. The standard InChI is InChI=1S/C17H11F3N6O2/c18-17(19,20)27-12-8-4-7-11(9-12)22-14-13(21-10-5-2-1-3-6-10)23-15-16(24-14)26-28-25-15/h1-9H,(H,21,23,25)(H,22,24,26). The molecule has 4 aromatic rings. The molecular formula is C17H11F3N6O2. The minimum atomic E-state index is -4.79. The third-order valence-corrected chi connectivity index (χ3v) is 3.48. The van der Waals surface area contributed by atoms with Gasteiger partial charge in [-0.2, -0.15) is 0 Å². The lowest BCUT2D eigenvalue weighted by molar-refractivity contribution is -0.274. The van der Waals surface area contributed by atoms with Crippen molar-refractivity contribution >= 4 is 34.3 Å². The van der Waals surface area contributed by atoms with Crippen LogP contribution in [0.25, 0.3) is 11.3 Å². The first-order chi connectivity index (χ1) is 13.5. The summed E-state index contributed by atoms with van der Waals surface area (Å²) in [4.78, 5) is 8.56. The van der Waals surface area contributed by atoms with E-state index in [1.807, 2.05) is 30.3 Å². The number of alkyl halides is 3. The minimum absolute atomic E-state index is 0.142. The number of hydrogen-bond donors (Lipinski definition) is 2. The van der Waals surface area contributed by atoms with Gasteiger partial charge in [0.05, 0.1) is 0 Å². The summed E-state index contributed by atoms with van der Waals surface area (Å²) in [7, 11) is 0. The van der Waals surface area contributed by atoms with E-state index in [4.69, 9.17) is 0 Å². The number of halogens is 3. The molecule has 8 nitrogen and oxygen atoms in total. The second-order valence-electron chi connectivity index (χ2n) is 5.52. The van der Waals surface area contributed by atoms with E-state index >= 15 is 0 Å². The van der Waals surface area contributed by atoms with Crippen LogP contribution in [-0.2, 0) is 0 Å². The molecule has 0 saturated heterocycles. The van der Waals surface area contributed by atoms with E-state index in [1.165, 1.54) is 18.2 Å². The van der Waals surface area contributed by atoms with E-state index in [9.17, 15) is 13.2 Å². The molecule has 2 heterocycles. The van der Waals surface area contributed by atoms with Crippen LogP contribution >= 0.6 is 0 Å². The highest BCUT2D eigenvalue weighted by Gasteiger charge is 2.31. The van der Waals surface area contributed by atoms with Crippen molar-refractivity contribution in [2.45, 2.75) is 6.36 Å². The van der Waals surface area contributed by atoms with E-state index in [-0.39, 0.29) is 28.7 Å². The zero-order valence-electron chi connectivity index (χ0n) is 13.9. The average Bonchev–Trinajstić information content (AvgIpc) is 3.09. The lowest BCUT2D eigenvalue weighted by Gasteiger charge is -2.13. The Bertz CT molecular complexity index is 1100. The quantitative estimate of drug-likeness (QED) is 0.519. The number of hydrogen-bond acceptors (Lipinski definition) is 8. The Morgan fingerprint density at radius 1 is 0.786 bits per heavy atom. The molecule has 2 aromatic heterocycles. The SMILES string of the molecule is FC(F)(F)Oc1cccc(Nc2nc3nonc3nc2Nc2ccccc2)c1. The summed E-state index contributed by atoms with van der Waals surface area (Å²) in [6, 6.07) is 14.5. The van der Waals surface area contributed by atoms with E-state index in [1.54, 1.807) is 6.07 Å². The zero-order valence-corrected chi connectivity index (χ0v) is 13.9. The lowest BCUT2D eigenvalue weighted by Crippen LogP contribution is -2.17. The maximum Gasteiger partial charge on any atom is 0.573 e. The summed E-state index contributed by atoms with van der Waals surface area (Å²) in [6.07, 6.45) is -4.79. The fourth-order valence-corrected chi connectivity index (χ4v) is 2.38. The van der Waals surface area contributed by atoms with Crippen molar-refractivity contribution in [2.75, 3.05) is 10.6 Å². The first-order valence-corrected chi connectivity index (χ1v) is 7.91. The van der Waals surface area contributed by atoms with Crippen LogP contribution in [0.2, 0.25) is 0 Å². The van der Waals surface area contributed by atoms with Crippen LogP contribution in [-0.4, -0.2) is 26.6 Å². The van der Waals surface area contributed by atoms with Crippen LogP contribution in [0.5, 0.6) is 5.75 Å². The molecule has 2 N–H and O–H groups in total. The van der Waals surface area contributed by atoms with Gasteiger partial charge < -0.3 is 15.4 Å². The van der Waals surface area contributed by atoms with Gasteiger partial charge >= 0.3 is 6.36 Å². The fourth-order valence-electron chi connectivity index (χ4n) is 2.38. The van der Waals surface area contributed by atoms with Gasteiger partial charge in [0.2, 0.25) is 11.3 Å². The summed E-state index contributed by atoms with van der Waals surface area (Å²) >= 11 is 0. The fraction of sp³-hybridized carbons (Fsp3) is 0.0588.